The molecule has 0 aliphatic heterocycles. The number of hydrogen-bond acceptors (Lipinski definition) is 5. The first kappa shape index (κ1) is 17.9. The van der Waals surface area contributed by atoms with Gasteiger partial charge in [0, 0.05) is 25.8 Å². The number of amides is 1. The van der Waals surface area contributed by atoms with Crippen LogP contribution in [0, 0.1) is 15.5 Å². The Morgan fingerprint density at radius 2 is 2.05 bits per heavy atom. The molecule has 1 rings (SSSR count). The molecule has 3 N–H and O–H groups in total. The summed E-state index contributed by atoms with van der Waals surface area (Å²) in [6.07, 6.45) is 0.441. The van der Waals surface area contributed by atoms with E-state index in [-0.39, 0.29) is 34.9 Å². The fraction of sp³-hybridized carbons (Fsp3) is 0.533. The molecule has 122 valence electrons. The fourth-order valence-corrected chi connectivity index (χ4v) is 2.16. The highest BCUT2D eigenvalue weighted by Gasteiger charge is 2.26. The number of nitro groups is 1. The third-order valence-electron chi connectivity index (χ3n) is 3.05. The van der Waals surface area contributed by atoms with Crippen molar-refractivity contribution >= 4 is 17.3 Å². The molecule has 0 spiro atoms. The second-order valence-corrected chi connectivity index (χ2v) is 6.36. The number of nitrogens with zero attached hydrogens (tertiary/aromatic N) is 2. The largest absolute Gasteiger partial charge is 0.396 e. The highest BCUT2D eigenvalue weighted by atomic mass is 16.6. The van der Waals surface area contributed by atoms with Crippen LogP contribution in [-0.2, 0) is 0 Å². The molecule has 0 fully saturated rings. The van der Waals surface area contributed by atoms with Gasteiger partial charge in [0.05, 0.1) is 10.5 Å². The third-order valence-corrected chi connectivity index (χ3v) is 3.05. The minimum absolute atomic E-state index is 0.0294. The summed E-state index contributed by atoms with van der Waals surface area (Å²) >= 11 is 0. The first-order valence-electron chi connectivity index (χ1n) is 7.10. The monoisotopic (exact) mass is 309 g/mol. The van der Waals surface area contributed by atoms with Gasteiger partial charge in [-0.3, -0.25) is 14.9 Å². The average molecular weight is 309 g/mol. The molecule has 0 aliphatic carbocycles. The van der Waals surface area contributed by atoms with Crippen molar-refractivity contribution in [1.82, 2.24) is 4.90 Å². The number of rotatable bonds is 6. The Labute approximate surface area is 129 Å². The van der Waals surface area contributed by atoms with Gasteiger partial charge in [-0.05, 0) is 17.9 Å². The lowest BCUT2D eigenvalue weighted by atomic mass is 9.95. The summed E-state index contributed by atoms with van der Waals surface area (Å²) in [5, 5.41) is 19.9. The Balaban J connectivity index is 3.13. The summed E-state index contributed by atoms with van der Waals surface area (Å²) < 4.78 is 0. The van der Waals surface area contributed by atoms with Crippen LogP contribution in [0.15, 0.2) is 18.2 Å². The van der Waals surface area contributed by atoms with E-state index in [1.807, 2.05) is 20.8 Å². The Morgan fingerprint density at radius 1 is 1.41 bits per heavy atom. The van der Waals surface area contributed by atoms with Gasteiger partial charge in [0.1, 0.15) is 5.69 Å². The van der Waals surface area contributed by atoms with Crippen LogP contribution < -0.4 is 5.73 Å². The van der Waals surface area contributed by atoms with Crippen LogP contribution >= 0.6 is 0 Å². The second-order valence-electron chi connectivity index (χ2n) is 6.36. The molecular weight excluding hydrogens is 286 g/mol. The smallest absolute Gasteiger partial charge is 0.292 e. The molecule has 0 aliphatic rings. The van der Waals surface area contributed by atoms with E-state index < -0.39 is 4.92 Å². The maximum absolute atomic E-state index is 12.7. The van der Waals surface area contributed by atoms with Crippen LogP contribution in [0.4, 0.5) is 11.4 Å². The van der Waals surface area contributed by atoms with Crippen molar-refractivity contribution in [2.24, 2.45) is 5.41 Å². The van der Waals surface area contributed by atoms with Gasteiger partial charge in [0.25, 0.3) is 11.6 Å². The number of benzene rings is 1. The van der Waals surface area contributed by atoms with Crippen LogP contribution in [-0.4, -0.2) is 40.5 Å². The van der Waals surface area contributed by atoms with Gasteiger partial charge in [0.2, 0.25) is 0 Å². The Kier molecular flexibility index (Phi) is 5.87. The minimum atomic E-state index is -0.603. The van der Waals surface area contributed by atoms with Gasteiger partial charge in [0.15, 0.2) is 0 Å². The first-order chi connectivity index (χ1) is 10.2. The van der Waals surface area contributed by atoms with Crippen LogP contribution in [0.5, 0.6) is 0 Å². The predicted molar refractivity (Wildman–Crippen MR) is 84.6 cm³/mol. The lowest BCUT2D eigenvalue weighted by Gasteiger charge is -2.30. The Bertz CT molecular complexity index is 552. The number of nitrogens with two attached hydrogens (primary N) is 1. The number of carbonyl (C=O) groups excluding carboxylic acids is 1. The topological polar surface area (TPSA) is 110 Å². The molecule has 0 bridgehead atoms. The van der Waals surface area contributed by atoms with Crippen LogP contribution in [0.2, 0.25) is 0 Å². The van der Waals surface area contributed by atoms with E-state index in [9.17, 15) is 14.9 Å². The molecular formula is C15H23N3O4. The lowest BCUT2D eigenvalue weighted by molar-refractivity contribution is -0.383. The molecule has 7 heteroatoms. The zero-order valence-electron chi connectivity index (χ0n) is 13.2. The summed E-state index contributed by atoms with van der Waals surface area (Å²) in [5.74, 6) is -0.357. The number of hydrogen-bond donors (Lipinski definition) is 2. The average Bonchev–Trinajstić information content (AvgIpc) is 2.41. The van der Waals surface area contributed by atoms with Crippen LogP contribution in [0.1, 0.15) is 37.6 Å². The summed E-state index contributed by atoms with van der Waals surface area (Å²) in [6.45, 7) is 6.77. The van der Waals surface area contributed by atoms with Crippen molar-refractivity contribution in [2.45, 2.75) is 27.2 Å². The van der Waals surface area contributed by atoms with E-state index in [0.29, 0.717) is 19.5 Å². The summed E-state index contributed by atoms with van der Waals surface area (Å²) in [5.41, 5.74) is 5.36. The molecule has 0 saturated carbocycles. The van der Waals surface area contributed by atoms with E-state index in [2.05, 4.69) is 0 Å². The zero-order valence-corrected chi connectivity index (χ0v) is 13.2. The number of carbonyl (C=O) groups is 1. The SMILES string of the molecule is CC(C)(C)CN(CCCO)C(=O)c1cccc([N+](=O)[O-])c1N. The molecule has 0 unspecified atom stereocenters. The molecule has 0 heterocycles. The standard InChI is InChI=1S/C15H23N3O4/c1-15(2,3)10-17(8-5-9-19)14(20)11-6-4-7-12(13(11)16)18(21)22/h4,6-7,19H,5,8-10,16H2,1-3H3. The van der Waals surface area contributed by atoms with Crippen LogP contribution in [0.3, 0.4) is 0 Å². The van der Waals surface area contributed by atoms with Crippen molar-refractivity contribution in [2.75, 3.05) is 25.4 Å². The maximum Gasteiger partial charge on any atom is 0.292 e. The summed E-state index contributed by atoms with van der Waals surface area (Å²) in [7, 11) is 0. The number of para-hydroxylation sites is 1. The van der Waals surface area contributed by atoms with Gasteiger partial charge < -0.3 is 15.7 Å². The van der Waals surface area contributed by atoms with Gasteiger partial charge in [-0.1, -0.05) is 26.8 Å². The molecule has 0 atom stereocenters. The Morgan fingerprint density at radius 3 is 2.55 bits per heavy atom. The first-order valence-corrected chi connectivity index (χ1v) is 7.10. The number of aliphatic hydroxyl groups excluding tert-OH is 1. The molecule has 1 aromatic rings. The minimum Gasteiger partial charge on any atom is -0.396 e. The third kappa shape index (κ3) is 4.70. The quantitative estimate of drug-likeness (QED) is 0.475. The predicted octanol–water partition coefficient (Wildman–Crippen LogP) is 2.05. The Hall–Kier alpha value is -2.15. The lowest BCUT2D eigenvalue weighted by Crippen LogP contribution is -2.39. The van der Waals surface area contributed by atoms with Gasteiger partial charge >= 0.3 is 0 Å². The highest BCUT2D eigenvalue weighted by Crippen LogP contribution is 2.27. The maximum atomic E-state index is 12.7. The van der Waals surface area contributed by atoms with Crippen molar-refractivity contribution in [3.05, 3.63) is 33.9 Å². The molecule has 0 saturated heterocycles. The van der Waals surface area contributed by atoms with E-state index in [1.54, 1.807) is 4.90 Å². The van der Waals surface area contributed by atoms with Gasteiger partial charge in [-0.2, -0.15) is 0 Å². The van der Waals surface area contributed by atoms with E-state index >= 15 is 0 Å². The normalized spacial score (nSPS) is 11.3. The number of nitrogen functional groups attached to an aromatic ring is 1. The summed E-state index contributed by atoms with van der Waals surface area (Å²) in [6, 6.07) is 4.20. The zero-order chi connectivity index (χ0) is 16.9. The van der Waals surface area contributed by atoms with Gasteiger partial charge in [-0.25, -0.2) is 0 Å². The molecule has 22 heavy (non-hydrogen) atoms. The molecule has 0 aromatic heterocycles. The van der Waals surface area contributed by atoms with Crippen molar-refractivity contribution in [1.29, 1.82) is 0 Å². The number of nitro benzene ring substituents is 1. The number of aliphatic hydroxyl groups is 1. The van der Waals surface area contributed by atoms with E-state index in [0.717, 1.165) is 0 Å². The molecule has 1 aromatic carbocycles. The summed E-state index contributed by atoms with van der Waals surface area (Å²) in [4.78, 5) is 24.6. The highest BCUT2D eigenvalue weighted by molar-refractivity contribution is 6.01. The molecule has 0 radical (unpaired) electrons. The number of anilines is 1. The fourth-order valence-electron chi connectivity index (χ4n) is 2.16. The van der Waals surface area contributed by atoms with Crippen molar-refractivity contribution in [3.63, 3.8) is 0 Å². The van der Waals surface area contributed by atoms with E-state index in [4.69, 9.17) is 10.8 Å². The second kappa shape index (κ2) is 7.22. The van der Waals surface area contributed by atoms with Crippen molar-refractivity contribution < 1.29 is 14.8 Å². The molecule has 7 nitrogen and oxygen atoms in total. The van der Waals surface area contributed by atoms with Gasteiger partial charge in [-0.15, -0.1) is 0 Å². The molecule has 1 amide bonds. The van der Waals surface area contributed by atoms with Crippen LogP contribution in [0.25, 0.3) is 0 Å². The van der Waals surface area contributed by atoms with E-state index in [1.165, 1.54) is 18.2 Å². The van der Waals surface area contributed by atoms with Crippen molar-refractivity contribution in [3.8, 4) is 0 Å².